The van der Waals surface area contributed by atoms with Crippen LogP contribution < -0.4 is 14.8 Å². The van der Waals surface area contributed by atoms with Crippen molar-refractivity contribution in [2.75, 3.05) is 26.1 Å². The third-order valence-electron chi connectivity index (χ3n) is 4.88. The highest BCUT2D eigenvalue weighted by Crippen LogP contribution is 2.43. The second-order valence-electron chi connectivity index (χ2n) is 6.54. The van der Waals surface area contributed by atoms with E-state index < -0.39 is 0 Å². The van der Waals surface area contributed by atoms with Gasteiger partial charge >= 0.3 is 0 Å². The number of fused-ring (bicyclic) bond motifs is 1. The number of likely N-dealkylation sites (tertiary alicyclic amines) is 1. The summed E-state index contributed by atoms with van der Waals surface area (Å²) >= 11 is 1.58. The number of hydrogen-bond donors (Lipinski definition) is 2. The molecule has 2 N–H and O–H groups in total. The standard InChI is InChI=1S/C21H21N3O3S/c1-26-16-8-7-13(11-17(16)27-2)9-10-24-19(25)12-14(20(24)22)21-23-15-5-3-4-6-18(15)28-21/h3-8,11,22-23H,9-10,12H2,1-2H3. The van der Waals surface area contributed by atoms with Crippen LogP contribution in [0.15, 0.2) is 58.0 Å². The highest BCUT2D eigenvalue weighted by Gasteiger charge is 2.34. The average Bonchev–Trinajstić information content (AvgIpc) is 3.26. The maximum Gasteiger partial charge on any atom is 0.232 e. The van der Waals surface area contributed by atoms with Gasteiger partial charge in [0, 0.05) is 17.0 Å². The lowest BCUT2D eigenvalue weighted by Gasteiger charge is -2.16. The van der Waals surface area contributed by atoms with Crippen LogP contribution in [0.4, 0.5) is 5.69 Å². The van der Waals surface area contributed by atoms with Crippen molar-refractivity contribution in [2.24, 2.45) is 0 Å². The zero-order chi connectivity index (χ0) is 19.7. The molecule has 2 aromatic carbocycles. The normalized spacial score (nSPS) is 18.3. The van der Waals surface area contributed by atoms with E-state index in [-0.39, 0.29) is 18.2 Å². The van der Waals surface area contributed by atoms with Crippen molar-refractivity contribution in [3.8, 4) is 11.5 Å². The number of thioether (sulfide) groups is 1. The molecule has 4 rings (SSSR count). The van der Waals surface area contributed by atoms with Gasteiger partial charge in [-0.1, -0.05) is 30.0 Å². The predicted molar refractivity (Wildman–Crippen MR) is 110 cm³/mol. The van der Waals surface area contributed by atoms with E-state index in [2.05, 4.69) is 5.32 Å². The number of ether oxygens (including phenoxy) is 2. The smallest absolute Gasteiger partial charge is 0.232 e. The number of amides is 1. The van der Waals surface area contributed by atoms with E-state index in [1.165, 1.54) is 0 Å². The van der Waals surface area contributed by atoms with E-state index in [0.29, 0.717) is 24.5 Å². The summed E-state index contributed by atoms with van der Waals surface area (Å²) in [6.45, 7) is 0.460. The fourth-order valence-electron chi connectivity index (χ4n) is 3.37. The molecule has 1 amide bonds. The maximum absolute atomic E-state index is 12.5. The summed E-state index contributed by atoms with van der Waals surface area (Å²) in [5, 5.41) is 12.7. The summed E-state index contributed by atoms with van der Waals surface area (Å²) in [7, 11) is 3.20. The van der Waals surface area contributed by atoms with Crippen LogP contribution in [0.3, 0.4) is 0 Å². The zero-order valence-corrected chi connectivity index (χ0v) is 16.6. The molecule has 0 saturated carbocycles. The SMILES string of the molecule is COc1ccc(CCN2C(=N)C(=C3Nc4ccccc4S3)CC2=O)cc1OC. The molecule has 1 saturated heterocycles. The van der Waals surface area contributed by atoms with E-state index in [0.717, 1.165) is 26.7 Å². The molecule has 2 heterocycles. The van der Waals surface area contributed by atoms with E-state index in [1.54, 1.807) is 30.9 Å². The Bertz CT molecular complexity index is 960. The van der Waals surface area contributed by atoms with Crippen molar-refractivity contribution < 1.29 is 14.3 Å². The number of para-hydroxylation sites is 1. The molecular weight excluding hydrogens is 374 g/mol. The first kappa shape index (κ1) is 18.4. The molecule has 0 radical (unpaired) electrons. The van der Waals surface area contributed by atoms with Gasteiger partial charge in [0.05, 0.1) is 31.4 Å². The number of methoxy groups -OCH3 is 2. The molecule has 0 atom stereocenters. The molecule has 7 heteroatoms. The number of benzene rings is 2. The molecule has 1 fully saturated rings. The second-order valence-corrected chi connectivity index (χ2v) is 7.59. The molecule has 28 heavy (non-hydrogen) atoms. The van der Waals surface area contributed by atoms with Crippen molar-refractivity contribution in [3.63, 3.8) is 0 Å². The maximum atomic E-state index is 12.5. The van der Waals surface area contributed by atoms with Crippen LogP contribution in [0.25, 0.3) is 0 Å². The van der Waals surface area contributed by atoms with Crippen LogP contribution in [0, 0.1) is 5.41 Å². The second kappa shape index (κ2) is 7.59. The Kier molecular flexibility index (Phi) is 5.00. The van der Waals surface area contributed by atoms with Gasteiger partial charge in [-0.2, -0.15) is 0 Å². The minimum Gasteiger partial charge on any atom is -0.493 e. The summed E-state index contributed by atoms with van der Waals surface area (Å²) in [6, 6.07) is 13.7. The molecule has 2 aliphatic rings. The minimum absolute atomic E-state index is 0.0358. The van der Waals surface area contributed by atoms with Crippen LogP contribution in [0.1, 0.15) is 12.0 Å². The fraction of sp³-hybridized carbons (Fsp3) is 0.238. The first-order valence-corrected chi connectivity index (χ1v) is 9.79. The summed E-state index contributed by atoms with van der Waals surface area (Å²) in [6.07, 6.45) is 0.895. The monoisotopic (exact) mass is 395 g/mol. The highest BCUT2D eigenvalue weighted by molar-refractivity contribution is 8.03. The lowest BCUT2D eigenvalue weighted by Crippen LogP contribution is -2.31. The van der Waals surface area contributed by atoms with E-state index in [9.17, 15) is 4.79 Å². The van der Waals surface area contributed by atoms with E-state index in [4.69, 9.17) is 14.9 Å². The fourth-order valence-corrected chi connectivity index (χ4v) is 4.42. The van der Waals surface area contributed by atoms with Crippen molar-refractivity contribution in [1.82, 2.24) is 4.90 Å². The molecule has 0 aromatic heterocycles. The minimum atomic E-state index is -0.0358. The number of hydrogen-bond acceptors (Lipinski definition) is 6. The number of rotatable bonds is 5. The summed E-state index contributed by atoms with van der Waals surface area (Å²) in [4.78, 5) is 15.2. The molecule has 144 valence electrons. The zero-order valence-electron chi connectivity index (χ0n) is 15.7. The van der Waals surface area contributed by atoms with Gasteiger partial charge in [0.1, 0.15) is 5.84 Å². The van der Waals surface area contributed by atoms with Crippen LogP contribution in [-0.2, 0) is 11.2 Å². The van der Waals surface area contributed by atoms with E-state index >= 15 is 0 Å². The Labute approximate surface area is 168 Å². The van der Waals surface area contributed by atoms with Crippen molar-refractivity contribution in [2.45, 2.75) is 17.7 Å². The van der Waals surface area contributed by atoms with Gasteiger partial charge in [0.25, 0.3) is 0 Å². The van der Waals surface area contributed by atoms with E-state index in [1.807, 2.05) is 42.5 Å². The average molecular weight is 395 g/mol. The number of nitrogens with one attached hydrogen (secondary N) is 2. The first-order valence-electron chi connectivity index (χ1n) is 8.98. The van der Waals surface area contributed by atoms with Gasteiger partial charge < -0.3 is 14.8 Å². The topological polar surface area (TPSA) is 74.7 Å². The molecule has 2 aromatic rings. The van der Waals surface area contributed by atoms with Gasteiger partial charge in [-0.05, 0) is 36.2 Å². The first-order chi connectivity index (χ1) is 13.6. The van der Waals surface area contributed by atoms with Crippen molar-refractivity contribution in [3.05, 3.63) is 58.6 Å². The molecule has 0 spiro atoms. The molecular formula is C21H21N3O3S. The van der Waals surface area contributed by atoms with Crippen LogP contribution in [-0.4, -0.2) is 37.4 Å². The Hall–Kier alpha value is -2.93. The predicted octanol–water partition coefficient (Wildman–Crippen LogP) is 3.89. The third kappa shape index (κ3) is 3.33. The van der Waals surface area contributed by atoms with Gasteiger partial charge in [-0.25, -0.2) is 0 Å². The Balaban J connectivity index is 1.48. The molecule has 0 bridgehead atoms. The van der Waals surface area contributed by atoms with Crippen molar-refractivity contribution in [1.29, 1.82) is 5.41 Å². The molecule has 2 aliphatic heterocycles. The van der Waals surface area contributed by atoms with Crippen LogP contribution in [0.2, 0.25) is 0 Å². The largest absolute Gasteiger partial charge is 0.493 e. The van der Waals surface area contributed by atoms with Crippen molar-refractivity contribution >= 4 is 29.2 Å². The Morgan fingerprint density at radius 2 is 1.93 bits per heavy atom. The number of anilines is 1. The van der Waals surface area contributed by atoms with Gasteiger partial charge in [0.2, 0.25) is 5.91 Å². The summed E-state index contributed by atoms with van der Waals surface area (Å²) < 4.78 is 10.6. The molecule has 0 unspecified atom stereocenters. The number of carbonyl (C=O) groups is 1. The highest BCUT2D eigenvalue weighted by atomic mass is 32.2. The number of nitrogens with zero attached hydrogens (tertiary/aromatic N) is 1. The molecule has 6 nitrogen and oxygen atoms in total. The quantitative estimate of drug-likeness (QED) is 0.804. The van der Waals surface area contributed by atoms with Gasteiger partial charge in [-0.3, -0.25) is 15.1 Å². The number of amidine groups is 1. The molecule has 0 aliphatic carbocycles. The van der Waals surface area contributed by atoms with Crippen LogP contribution >= 0.6 is 11.8 Å². The lowest BCUT2D eigenvalue weighted by atomic mass is 10.1. The van der Waals surface area contributed by atoms with Crippen LogP contribution in [0.5, 0.6) is 11.5 Å². The Morgan fingerprint density at radius 3 is 2.68 bits per heavy atom. The van der Waals surface area contributed by atoms with Gasteiger partial charge in [0.15, 0.2) is 11.5 Å². The lowest BCUT2D eigenvalue weighted by molar-refractivity contribution is -0.125. The Morgan fingerprint density at radius 1 is 1.14 bits per heavy atom. The number of carbonyl (C=O) groups excluding carboxylic acids is 1. The van der Waals surface area contributed by atoms with Gasteiger partial charge in [-0.15, -0.1) is 0 Å². The summed E-state index contributed by atoms with van der Waals surface area (Å²) in [5.41, 5.74) is 2.82. The third-order valence-corrected chi connectivity index (χ3v) is 6.01. The summed E-state index contributed by atoms with van der Waals surface area (Å²) in [5.74, 6) is 1.58.